The number of likely N-dealkylation sites (N-methyl/N-ethyl adjacent to an activating group) is 1. The zero-order valence-corrected chi connectivity index (χ0v) is 22.4. The number of rotatable bonds is 13. The van der Waals surface area contributed by atoms with Crippen LogP contribution in [0.1, 0.15) is 18.2 Å². The van der Waals surface area contributed by atoms with Crippen molar-refractivity contribution in [2.75, 3.05) is 27.0 Å². The van der Waals surface area contributed by atoms with Crippen molar-refractivity contribution in [1.29, 1.82) is 0 Å². The average molecular weight is 600 g/mol. The maximum atomic E-state index is 13.4. The summed E-state index contributed by atoms with van der Waals surface area (Å²) in [5, 5.41) is 4.75. The second-order valence-electron chi connectivity index (χ2n) is 8.29. The second kappa shape index (κ2) is 13.8. The monoisotopic (exact) mass is 599 g/mol. The van der Waals surface area contributed by atoms with Gasteiger partial charge in [-0.25, -0.2) is 4.68 Å². The lowest BCUT2D eigenvalue weighted by Crippen LogP contribution is -2.41. The molecule has 41 heavy (non-hydrogen) atoms. The molecule has 3 rings (SSSR count). The zero-order chi connectivity index (χ0) is 30.2. The normalized spacial score (nSPS) is 12.0. The molecule has 3 aromatic rings. The van der Waals surface area contributed by atoms with E-state index in [0.717, 1.165) is 15.8 Å². The highest BCUT2D eigenvalue weighted by molar-refractivity contribution is 7.79. The largest absolute Gasteiger partial charge is 0.768 e. The molecule has 0 bridgehead atoms. The summed E-state index contributed by atoms with van der Waals surface area (Å²) in [7, 11) is 1.38. The Bertz CT molecular complexity index is 1400. The third-order valence-electron chi connectivity index (χ3n) is 5.32. The molecule has 0 saturated heterocycles. The summed E-state index contributed by atoms with van der Waals surface area (Å²) < 4.78 is 73.2. The Hall–Kier alpha value is -4.35. The fourth-order valence-electron chi connectivity index (χ4n) is 3.28. The molecule has 0 amide bonds. The molecular formula is C24H24F3N5O8S. The Morgan fingerprint density at radius 2 is 1.78 bits per heavy atom. The zero-order valence-electron chi connectivity index (χ0n) is 21.6. The van der Waals surface area contributed by atoms with Gasteiger partial charge in [-0.2, -0.15) is 23.1 Å². The van der Waals surface area contributed by atoms with E-state index in [1.165, 1.54) is 50.4 Å². The van der Waals surface area contributed by atoms with Crippen molar-refractivity contribution in [3.8, 4) is 16.9 Å². The quantitative estimate of drug-likeness (QED) is 0.0769. The van der Waals surface area contributed by atoms with Crippen LogP contribution < -0.4 is 5.59 Å². The van der Waals surface area contributed by atoms with Crippen LogP contribution in [0.2, 0.25) is 0 Å². The lowest BCUT2D eigenvalue weighted by atomic mass is 10.1. The maximum Gasteiger partial charge on any atom is 0.435 e. The minimum absolute atomic E-state index is 0.00463. The summed E-state index contributed by atoms with van der Waals surface area (Å²) >= 11 is -2.50. The molecule has 0 fully saturated rings. The van der Waals surface area contributed by atoms with Gasteiger partial charge in [-0.15, -0.1) is 5.01 Å². The molecular weight excluding hydrogens is 575 g/mol. The molecule has 0 saturated carbocycles. The van der Waals surface area contributed by atoms with Crippen molar-refractivity contribution in [2.45, 2.75) is 24.4 Å². The van der Waals surface area contributed by atoms with E-state index in [2.05, 4.69) is 14.7 Å². The second-order valence-corrected chi connectivity index (χ2v) is 9.23. The number of carbonyl (C=O) groups excluding carboxylic acids is 2. The van der Waals surface area contributed by atoms with E-state index >= 15 is 0 Å². The van der Waals surface area contributed by atoms with Crippen LogP contribution in [0.5, 0.6) is 0 Å². The van der Waals surface area contributed by atoms with Crippen LogP contribution in [0.3, 0.4) is 0 Å². The predicted octanol–water partition coefficient (Wildman–Crippen LogP) is 2.46. The summed E-state index contributed by atoms with van der Waals surface area (Å²) in [5.41, 5.74) is 2.01. The Kier molecular flexibility index (Phi) is 10.5. The minimum Gasteiger partial charge on any atom is -0.768 e. The van der Waals surface area contributed by atoms with E-state index in [9.17, 15) is 36.4 Å². The smallest absolute Gasteiger partial charge is 0.435 e. The molecule has 2 aromatic carbocycles. The molecule has 1 N–H and O–H groups in total. The van der Waals surface area contributed by atoms with Gasteiger partial charge in [0.2, 0.25) is 6.79 Å². The molecule has 17 heteroatoms. The van der Waals surface area contributed by atoms with Crippen molar-refractivity contribution in [3.05, 3.63) is 70.8 Å². The van der Waals surface area contributed by atoms with Crippen molar-refractivity contribution < 1.29 is 50.8 Å². The number of hydrazine groups is 2. The van der Waals surface area contributed by atoms with Crippen molar-refractivity contribution in [1.82, 2.24) is 20.4 Å². The number of esters is 2. The fraction of sp³-hybridized carbons (Fsp3) is 0.292. The molecule has 0 spiro atoms. The van der Waals surface area contributed by atoms with Crippen molar-refractivity contribution >= 4 is 23.0 Å². The summed E-state index contributed by atoms with van der Waals surface area (Å²) in [6.45, 7) is 0.535. The number of halogens is 3. The number of hydrogen-bond donors (Lipinski definition) is 1. The van der Waals surface area contributed by atoms with Gasteiger partial charge in [0.05, 0.1) is 29.8 Å². The molecule has 0 aliphatic carbocycles. The number of hydrogen-bond acceptors (Lipinski definition) is 9. The van der Waals surface area contributed by atoms with Gasteiger partial charge in [-0.05, 0) is 47.0 Å². The average Bonchev–Trinajstić information content (AvgIpc) is 3.37. The molecule has 0 aliphatic heterocycles. The third-order valence-corrected chi connectivity index (χ3v) is 5.98. The Labute approximate surface area is 233 Å². The van der Waals surface area contributed by atoms with Crippen molar-refractivity contribution in [2.24, 2.45) is 0 Å². The molecule has 13 nitrogen and oxygen atoms in total. The SMILES string of the molecule is CC(=O)OCON[N+](=O)N(C)CCOC(=O)Cc1ccc(-c2cc(C(F)(F)F)nn2-c2ccc(S(=O)[O-])cc2)cc1. The Morgan fingerprint density at radius 3 is 2.37 bits per heavy atom. The van der Waals surface area contributed by atoms with Crippen LogP contribution in [0.15, 0.2) is 59.5 Å². The highest BCUT2D eigenvalue weighted by Crippen LogP contribution is 2.33. The van der Waals surface area contributed by atoms with E-state index in [1.54, 1.807) is 12.1 Å². The standard InChI is InChI=1S/C24H24F3N5O8S/c1-16(33)39-15-40-29-32(35)30(2)11-12-38-23(34)13-17-3-5-18(6-4-17)21-14-22(24(25,26)27)28-31(21)19-7-9-20(10-8-19)41(36)37/h3-10,14H,11-13,15H2,1-2H3,(H-,29,35,36,37). The molecule has 220 valence electrons. The topological polar surface area (TPSA) is 155 Å². The lowest BCUT2D eigenvalue weighted by Gasteiger charge is -2.11. The van der Waals surface area contributed by atoms with Crippen LogP contribution in [-0.2, 0) is 47.6 Å². The van der Waals surface area contributed by atoms with Gasteiger partial charge in [0, 0.05) is 23.0 Å². The summed E-state index contributed by atoms with van der Waals surface area (Å²) in [6.07, 6.45) is -4.86. The van der Waals surface area contributed by atoms with Gasteiger partial charge in [0.1, 0.15) is 13.2 Å². The first-order valence-electron chi connectivity index (χ1n) is 11.7. The highest BCUT2D eigenvalue weighted by atomic mass is 32.2. The number of nitroso groups, excluding NO2 is 1. The van der Waals surface area contributed by atoms with Crippen LogP contribution in [0, 0.1) is 4.91 Å². The minimum atomic E-state index is -4.72. The molecule has 0 aliphatic rings. The van der Waals surface area contributed by atoms with E-state index in [1.807, 2.05) is 5.59 Å². The summed E-state index contributed by atoms with van der Waals surface area (Å²) in [4.78, 5) is 39.4. The molecule has 0 radical (unpaired) electrons. The van der Waals surface area contributed by atoms with E-state index in [0.29, 0.717) is 11.1 Å². The Morgan fingerprint density at radius 1 is 1.12 bits per heavy atom. The molecule has 1 heterocycles. The lowest BCUT2D eigenvalue weighted by molar-refractivity contribution is -0.785. The molecule has 1 atom stereocenters. The molecule has 1 aromatic heterocycles. The van der Waals surface area contributed by atoms with Gasteiger partial charge in [0.25, 0.3) is 4.98 Å². The number of ether oxygens (including phenoxy) is 2. The van der Waals surface area contributed by atoms with Crippen LogP contribution in [0.4, 0.5) is 13.2 Å². The maximum absolute atomic E-state index is 13.4. The van der Waals surface area contributed by atoms with E-state index in [-0.39, 0.29) is 40.8 Å². The summed E-state index contributed by atoms with van der Waals surface area (Å²) in [6, 6.07) is 12.1. The fourth-order valence-corrected chi connectivity index (χ4v) is 3.64. The van der Waals surface area contributed by atoms with Gasteiger partial charge in [-0.3, -0.25) is 13.8 Å². The van der Waals surface area contributed by atoms with Crippen LogP contribution >= 0.6 is 0 Å². The number of nitrogens with one attached hydrogen (secondary N) is 1. The highest BCUT2D eigenvalue weighted by Gasteiger charge is 2.35. The van der Waals surface area contributed by atoms with Gasteiger partial charge >= 0.3 is 18.1 Å². The van der Waals surface area contributed by atoms with Gasteiger partial charge < -0.3 is 14.0 Å². The van der Waals surface area contributed by atoms with Gasteiger partial charge in [0.15, 0.2) is 5.69 Å². The number of carbonyl (C=O) groups is 2. The van der Waals surface area contributed by atoms with Gasteiger partial charge in [-0.1, -0.05) is 24.3 Å². The first kappa shape index (κ1) is 31.2. The van der Waals surface area contributed by atoms with E-state index in [4.69, 9.17) is 4.74 Å². The third kappa shape index (κ3) is 9.09. The van der Waals surface area contributed by atoms with Crippen LogP contribution in [-0.4, -0.2) is 67.5 Å². The first-order valence-corrected chi connectivity index (χ1v) is 12.7. The number of aromatic nitrogens is 2. The van der Waals surface area contributed by atoms with E-state index < -0.39 is 41.7 Å². The number of nitrogens with zero attached hydrogens (tertiary/aromatic N) is 4. The van der Waals surface area contributed by atoms with Crippen molar-refractivity contribution in [3.63, 3.8) is 0 Å². The first-order chi connectivity index (χ1) is 19.3. The molecule has 1 unspecified atom stereocenters. The number of benzene rings is 2. The number of alkyl halides is 3. The predicted molar refractivity (Wildman–Crippen MR) is 133 cm³/mol. The van der Waals surface area contributed by atoms with Crippen LogP contribution in [0.25, 0.3) is 16.9 Å². The summed E-state index contributed by atoms with van der Waals surface area (Å²) in [5.74, 6) is -1.20. The Balaban J connectivity index is 1.61.